The molecule has 4 aliphatic rings. The summed E-state index contributed by atoms with van der Waals surface area (Å²) in [6, 6.07) is 43.6. The summed E-state index contributed by atoms with van der Waals surface area (Å²) in [6.45, 7) is 1.43. The lowest BCUT2D eigenvalue weighted by atomic mass is 9.64. The van der Waals surface area contributed by atoms with Gasteiger partial charge in [0.15, 0.2) is 11.5 Å². The molecule has 10 rings (SSSR count). The van der Waals surface area contributed by atoms with Gasteiger partial charge in [-0.05, 0) is 83.2 Å². The molecule has 6 atom stereocenters. The van der Waals surface area contributed by atoms with Crippen molar-refractivity contribution in [2.45, 2.75) is 49.2 Å². The van der Waals surface area contributed by atoms with E-state index in [-0.39, 0.29) is 25.7 Å². The van der Waals surface area contributed by atoms with Crippen molar-refractivity contribution in [1.82, 2.24) is 14.7 Å². The highest BCUT2D eigenvalue weighted by atomic mass is 16.6. The Kier molecular flexibility index (Phi) is 12.7. The summed E-state index contributed by atoms with van der Waals surface area (Å²) in [4.78, 5) is 53.7. The zero-order chi connectivity index (χ0) is 47.6. The number of nitrogens with zero attached hydrogens (tertiary/aromatic N) is 3. The standard InChI is InChI=1S/C57H54N4O8/c1-59(35-38-16-7-4-8-17-38)28-15-18-37-25-26-45-44(32-37)57(56(65)58-45)49(54(63)60-29-27-41-33-47(66-2)48(67-3)34-42(41)36-60)51-55(64)69-52(40-21-11-6-12-22-40)50(39-19-9-5-10-20-39)61(51)53(57)43-23-13-14-24-46(43)68-31-30-62/h4-14,16-17,19-26,32-34,49-53,62H,27-31,35-36H2,1-3H3,(H,58,65). The SMILES string of the molecule is COc1cc2c(cc1OC)CN(C(=O)C1C3C(=O)OC(c4ccccc4)C(c4ccccc4)N3C(c3ccccc3OCCO)C13C(=O)Nc1ccc(C#CCN(C)Cc4ccccc4)cc13)CC2. The molecule has 0 saturated carbocycles. The van der Waals surface area contributed by atoms with Gasteiger partial charge in [-0.25, -0.2) is 0 Å². The van der Waals surface area contributed by atoms with Crippen LogP contribution in [0.5, 0.6) is 17.2 Å². The number of aliphatic hydroxyl groups excluding tert-OH is 1. The molecule has 6 aromatic carbocycles. The van der Waals surface area contributed by atoms with Crippen LogP contribution in [0.3, 0.4) is 0 Å². The summed E-state index contributed by atoms with van der Waals surface area (Å²) >= 11 is 0. The predicted octanol–water partition coefficient (Wildman–Crippen LogP) is 7.41. The van der Waals surface area contributed by atoms with Gasteiger partial charge in [0.05, 0.1) is 45.4 Å². The number of methoxy groups -OCH3 is 2. The molecule has 0 bridgehead atoms. The van der Waals surface area contributed by atoms with Crippen LogP contribution in [0.25, 0.3) is 0 Å². The number of nitrogens with one attached hydrogen (secondary N) is 1. The molecular formula is C57H54N4O8. The van der Waals surface area contributed by atoms with E-state index in [4.69, 9.17) is 18.9 Å². The minimum atomic E-state index is -1.76. The van der Waals surface area contributed by atoms with Gasteiger partial charge in [0.2, 0.25) is 11.8 Å². The first-order valence-electron chi connectivity index (χ1n) is 23.4. The number of carbonyl (C=O) groups is 3. The molecule has 2 amide bonds. The molecule has 12 heteroatoms. The van der Waals surface area contributed by atoms with Gasteiger partial charge in [-0.1, -0.05) is 121 Å². The summed E-state index contributed by atoms with van der Waals surface area (Å²) in [5.74, 6) is 5.53. The van der Waals surface area contributed by atoms with Gasteiger partial charge < -0.3 is 34.3 Å². The Morgan fingerprint density at radius 2 is 1.48 bits per heavy atom. The number of para-hydroxylation sites is 1. The number of rotatable bonds is 12. The third-order valence-electron chi connectivity index (χ3n) is 14.0. The number of carbonyl (C=O) groups excluding carboxylic acids is 3. The van der Waals surface area contributed by atoms with Crippen LogP contribution in [0.4, 0.5) is 5.69 Å². The van der Waals surface area contributed by atoms with Crippen molar-refractivity contribution in [2.75, 3.05) is 52.9 Å². The molecule has 6 unspecified atom stereocenters. The van der Waals surface area contributed by atoms with E-state index in [0.717, 1.165) is 22.3 Å². The highest BCUT2D eigenvalue weighted by Gasteiger charge is 2.74. The highest BCUT2D eigenvalue weighted by molar-refractivity contribution is 6.12. The van der Waals surface area contributed by atoms with Gasteiger partial charge in [-0.3, -0.25) is 24.2 Å². The molecule has 0 aromatic heterocycles. The second-order valence-electron chi connectivity index (χ2n) is 18.0. The first-order chi connectivity index (χ1) is 33.7. The maximum Gasteiger partial charge on any atom is 0.324 e. The van der Waals surface area contributed by atoms with Gasteiger partial charge in [0.1, 0.15) is 29.9 Å². The number of ether oxygens (including phenoxy) is 4. The molecule has 1 spiro atoms. The summed E-state index contributed by atoms with van der Waals surface area (Å²) in [5.41, 5.74) is 5.19. The van der Waals surface area contributed by atoms with Crippen molar-refractivity contribution in [1.29, 1.82) is 0 Å². The molecule has 69 heavy (non-hydrogen) atoms. The van der Waals surface area contributed by atoms with Crippen LogP contribution in [-0.2, 0) is 44.0 Å². The third-order valence-corrected chi connectivity index (χ3v) is 14.0. The summed E-state index contributed by atoms with van der Waals surface area (Å²) < 4.78 is 24.4. The van der Waals surface area contributed by atoms with Gasteiger partial charge in [-0.15, -0.1) is 0 Å². The predicted molar refractivity (Wildman–Crippen MR) is 260 cm³/mol. The first-order valence-corrected chi connectivity index (χ1v) is 23.4. The first kappa shape index (κ1) is 45.4. The van der Waals surface area contributed by atoms with Crippen molar-refractivity contribution in [3.8, 4) is 29.1 Å². The molecule has 6 aromatic rings. The van der Waals surface area contributed by atoms with Crippen LogP contribution in [0.2, 0.25) is 0 Å². The topological polar surface area (TPSA) is 130 Å². The van der Waals surface area contributed by atoms with Crippen molar-refractivity contribution in [3.05, 3.63) is 190 Å². The van der Waals surface area contributed by atoms with Crippen molar-refractivity contribution in [2.24, 2.45) is 5.92 Å². The molecule has 2 saturated heterocycles. The monoisotopic (exact) mass is 922 g/mol. The smallest absolute Gasteiger partial charge is 0.324 e. The molecule has 2 fully saturated rings. The molecule has 4 heterocycles. The largest absolute Gasteiger partial charge is 0.493 e. The molecule has 2 N–H and O–H groups in total. The Labute approximate surface area is 402 Å². The van der Waals surface area contributed by atoms with Gasteiger partial charge in [0, 0.05) is 36.4 Å². The zero-order valence-corrected chi connectivity index (χ0v) is 38.8. The average Bonchev–Trinajstić information content (AvgIpc) is 3.86. The van der Waals surface area contributed by atoms with Crippen molar-refractivity contribution in [3.63, 3.8) is 0 Å². The number of morpholine rings is 1. The van der Waals surface area contributed by atoms with Gasteiger partial charge in [0.25, 0.3) is 0 Å². The van der Waals surface area contributed by atoms with Gasteiger partial charge >= 0.3 is 5.97 Å². The van der Waals surface area contributed by atoms with Crippen LogP contribution >= 0.6 is 0 Å². The number of hydrogen-bond donors (Lipinski definition) is 2. The normalized spacial score (nSPS) is 22.4. The minimum Gasteiger partial charge on any atom is -0.493 e. The maximum absolute atomic E-state index is 16.3. The van der Waals surface area contributed by atoms with Gasteiger partial charge in [-0.2, -0.15) is 0 Å². The lowest BCUT2D eigenvalue weighted by Crippen LogP contribution is -2.56. The van der Waals surface area contributed by atoms with Crippen LogP contribution in [-0.4, -0.2) is 91.2 Å². The fraction of sp³-hybridized carbons (Fsp3) is 0.281. The van der Waals surface area contributed by atoms with E-state index in [0.29, 0.717) is 65.7 Å². The Morgan fingerprint density at radius 3 is 2.19 bits per heavy atom. The van der Waals surface area contributed by atoms with Crippen LogP contribution in [0.15, 0.2) is 146 Å². The number of amides is 2. The third kappa shape index (κ3) is 8.16. The molecule has 0 aliphatic carbocycles. The van der Waals surface area contributed by atoms with E-state index >= 15 is 14.4 Å². The van der Waals surface area contributed by atoms with Crippen molar-refractivity contribution >= 4 is 23.5 Å². The van der Waals surface area contributed by atoms with E-state index < -0.39 is 47.4 Å². The number of aliphatic hydroxyl groups is 1. The number of cyclic esters (lactones) is 1. The van der Waals surface area contributed by atoms with E-state index in [2.05, 4.69) is 39.1 Å². The fourth-order valence-electron chi connectivity index (χ4n) is 11.1. The Balaban J connectivity index is 1.19. The quantitative estimate of drug-likeness (QED) is 0.0946. The number of anilines is 1. The van der Waals surface area contributed by atoms with E-state index in [1.54, 1.807) is 19.1 Å². The Morgan fingerprint density at radius 1 is 0.812 bits per heavy atom. The molecule has 4 aliphatic heterocycles. The summed E-state index contributed by atoms with van der Waals surface area (Å²) in [6.07, 6.45) is -0.333. The molecular weight excluding hydrogens is 869 g/mol. The second kappa shape index (κ2) is 19.3. The van der Waals surface area contributed by atoms with Crippen LogP contribution in [0, 0.1) is 17.8 Å². The Bertz CT molecular complexity index is 2940. The van der Waals surface area contributed by atoms with E-state index in [1.165, 1.54) is 5.56 Å². The van der Waals surface area contributed by atoms with Crippen LogP contribution in [0.1, 0.15) is 62.7 Å². The second-order valence-corrected chi connectivity index (χ2v) is 18.0. The summed E-state index contributed by atoms with van der Waals surface area (Å²) in [5, 5.41) is 13.3. The lowest BCUT2D eigenvalue weighted by Gasteiger charge is -2.46. The zero-order valence-electron chi connectivity index (χ0n) is 38.8. The summed E-state index contributed by atoms with van der Waals surface area (Å²) in [7, 11) is 5.19. The average molecular weight is 923 g/mol. The van der Waals surface area contributed by atoms with Crippen LogP contribution < -0.4 is 19.5 Å². The number of benzene rings is 6. The Hall–Kier alpha value is -7.43. The number of esters is 1. The molecule has 0 radical (unpaired) electrons. The van der Waals surface area contributed by atoms with E-state index in [9.17, 15) is 5.11 Å². The lowest BCUT2D eigenvalue weighted by molar-refractivity contribution is -0.179. The number of fused-ring (bicyclic) bond motifs is 4. The highest BCUT2D eigenvalue weighted by Crippen LogP contribution is 2.66. The van der Waals surface area contributed by atoms with E-state index in [1.807, 2.05) is 141 Å². The van der Waals surface area contributed by atoms with Crippen molar-refractivity contribution < 1.29 is 38.4 Å². The fourth-order valence-corrected chi connectivity index (χ4v) is 11.1. The molecule has 350 valence electrons. The minimum absolute atomic E-state index is 0.0258. The number of hydrogen-bond acceptors (Lipinski definition) is 10. The molecule has 12 nitrogen and oxygen atoms in total. The maximum atomic E-state index is 16.3.